The lowest BCUT2D eigenvalue weighted by atomic mass is 10.1. The van der Waals surface area contributed by atoms with E-state index in [1.54, 1.807) is 0 Å². The molecule has 2 fully saturated rings. The van der Waals surface area contributed by atoms with Crippen molar-refractivity contribution in [2.75, 3.05) is 14.2 Å². The Morgan fingerprint density at radius 1 is 1.31 bits per heavy atom. The van der Waals surface area contributed by atoms with Crippen LogP contribution in [0.15, 0.2) is 18.6 Å². The van der Waals surface area contributed by atoms with Crippen LogP contribution in [-0.4, -0.2) is 63.8 Å². The van der Waals surface area contributed by atoms with Gasteiger partial charge in [-0.05, 0) is 26.8 Å². The molecule has 9 heteroatoms. The molecule has 0 radical (unpaired) electrons. The number of nitrogens with zero attached hydrogens (tertiary/aromatic N) is 4. The van der Waals surface area contributed by atoms with Gasteiger partial charge >= 0.3 is 0 Å². The van der Waals surface area contributed by atoms with Gasteiger partial charge in [0, 0.05) is 18.6 Å². The van der Waals surface area contributed by atoms with Crippen molar-refractivity contribution in [2.45, 2.75) is 51.1 Å². The van der Waals surface area contributed by atoms with Crippen molar-refractivity contribution in [2.24, 2.45) is 0 Å². The Morgan fingerprint density at radius 3 is 2.77 bits per heavy atom. The third-order valence-corrected chi connectivity index (χ3v) is 4.84. The minimum Gasteiger partial charge on any atom is -0.341 e. The average molecular weight is 362 g/mol. The van der Waals surface area contributed by atoms with Gasteiger partial charge in [0.2, 0.25) is 0 Å². The fraction of sp³-hybridized carbons (Fsp3) is 0.588. The number of carbonyl (C=O) groups is 1. The van der Waals surface area contributed by atoms with Gasteiger partial charge in [-0.3, -0.25) is 9.63 Å². The van der Waals surface area contributed by atoms with Gasteiger partial charge in [-0.2, -0.15) is 0 Å². The Kier molecular flexibility index (Phi) is 3.99. The number of aromatic nitrogens is 3. The maximum atomic E-state index is 12.7. The van der Waals surface area contributed by atoms with Crippen LogP contribution in [0.5, 0.6) is 0 Å². The lowest BCUT2D eigenvalue weighted by Crippen LogP contribution is -2.43. The van der Waals surface area contributed by atoms with Crippen molar-refractivity contribution in [1.29, 1.82) is 0 Å². The smallest absolute Gasteiger partial charge is 0.277 e. The number of carbonyl (C=O) groups excluding carboxylic acids is 1. The van der Waals surface area contributed by atoms with Gasteiger partial charge in [-0.15, -0.1) is 0 Å². The summed E-state index contributed by atoms with van der Waals surface area (Å²) in [7, 11) is 2.97. The normalized spacial score (nSPS) is 29.9. The SMILES string of the molecule is CON(C)C(=O)[C@H]1O[C@@H](n2ccc3c(C)ncnc32)[C@@H]2OC(C)(C)O[C@@H]21. The third kappa shape index (κ3) is 2.59. The number of hydroxylamine groups is 2. The summed E-state index contributed by atoms with van der Waals surface area (Å²) in [5.41, 5.74) is 1.60. The number of likely N-dealkylation sites (N-methyl/N-ethyl adjacent to an activating group) is 1. The number of fused-ring (bicyclic) bond motifs is 2. The van der Waals surface area contributed by atoms with Crippen LogP contribution in [0.3, 0.4) is 0 Å². The van der Waals surface area contributed by atoms with Crippen molar-refractivity contribution in [3.63, 3.8) is 0 Å². The van der Waals surface area contributed by atoms with Crippen LogP contribution in [0, 0.1) is 6.92 Å². The standard InChI is InChI=1S/C17H22N4O5/c1-9-10-6-7-21(14(10)19-8-18-9)16-13-11(25-17(2,3)26-13)12(24-16)15(22)20(4)23-5/h6-8,11-13,16H,1-5H3/t11-,12+,13-,16-/m1/s1. The molecule has 2 aliphatic rings. The highest BCUT2D eigenvalue weighted by molar-refractivity contribution is 5.81. The number of ether oxygens (including phenoxy) is 3. The van der Waals surface area contributed by atoms with Crippen molar-refractivity contribution in [3.05, 3.63) is 24.3 Å². The van der Waals surface area contributed by atoms with Gasteiger partial charge < -0.3 is 18.8 Å². The molecular formula is C17H22N4O5. The van der Waals surface area contributed by atoms with Crippen LogP contribution in [-0.2, 0) is 23.8 Å². The highest BCUT2D eigenvalue weighted by atomic mass is 16.8. The quantitative estimate of drug-likeness (QED) is 0.758. The maximum absolute atomic E-state index is 12.7. The lowest BCUT2D eigenvalue weighted by molar-refractivity contribution is -0.211. The van der Waals surface area contributed by atoms with E-state index in [9.17, 15) is 4.79 Å². The van der Waals surface area contributed by atoms with Gasteiger partial charge in [0.25, 0.3) is 5.91 Å². The molecule has 4 heterocycles. The monoisotopic (exact) mass is 362 g/mol. The predicted molar refractivity (Wildman–Crippen MR) is 89.8 cm³/mol. The van der Waals surface area contributed by atoms with Gasteiger partial charge in [0.15, 0.2) is 18.1 Å². The number of rotatable bonds is 3. The molecule has 2 aliphatic heterocycles. The van der Waals surface area contributed by atoms with Crippen molar-refractivity contribution >= 4 is 16.9 Å². The van der Waals surface area contributed by atoms with E-state index in [2.05, 4.69) is 9.97 Å². The summed E-state index contributed by atoms with van der Waals surface area (Å²) < 4.78 is 20.0. The zero-order chi connectivity index (χ0) is 18.6. The van der Waals surface area contributed by atoms with E-state index in [0.717, 1.165) is 21.8 Å². The topological polar surface area (TPSA) is 87.9 Å². The molecular weight excluding hydrogens is 340 g/mol. The molecule has 1 amide bonds. The second-order valence-electron chi connectivity index (χ2n) is 6.95. The van der Waals surface area contributed by atoms with Gasteiger partial charge in [0.1, 0.15) is 24.2 Å². The number of amides is 1. The summed E-state index contributed by atoms with van der Waals surface area (Å²) in [6, 6.07) is 1.93. The fourth-order valence-corrected chi connectivity index (χ4v) is 3.57. The molecule has 4 atom stereocenters. The second-order valence-corrected chi connectivity index (χ2v) is 6.95. The molecule has 0 aliphatic carbocycles. The van der Waals surface area contributed by atoms with E-state index in [1.165, 1.54) is 20.5 Å². The summed E-state index contributed by atoms with van der Waals surface area (Å²) in [5.74, 6) is -1.14. The van der Waals surface area contributed by atoms with Crippen LogP contribution >= 0.6 is 0 Å². The predicted octanol–water partition coefficient (Wildman–Crippen LogP) is 1.18. The van der Waals surface area contributed by atoms with Crippen LogP contribution < -0.4 is 0 Å². The summed E-state index contributed by atoms with van der Waals surface area (Å²) in [4.78, 5) is 26.3. The molecule has 4 rings (SSSR count). The van der Waals surface area contributed by atoms with Gasteiger partial charge in [-0.25, -0.2) is 15.0 Å². The van der Waals surface area contributed by atoms with E-state index < -0.39 is 30.3 Å². The van der Waals surface area contributed by atoms with Crippen LogP contribution in [0.2, 0.25) is 0 Å². The molecule has 2 aromatic rings. The molecule has 140 valence electrons. The molecule has 0 aromatic carbocycles. The minimum absolute atomic E-state index is 0.325. The van der Waals surface area contributed by atoms with Crippen molar-refractivity contribution < 1.29 is 23.8 Å². The van der Waals surface area contributed by atoms with E-state index in [1.807, 2.05) is 37.6 Å². The summed E-state index contributed by atoms with van der Waals surface area (Å²) in [6.07, 6.45) is 1.01. The molecule has 0 N–H and O–H groups in total. The Balaban J connectivity index is 1.74. The summed E-state index contributed by atoms with van der Waals surface area (Å²) in [5, 5.41) is 2.06. The summed E-state index contributed by atoms with van der Waals surface area (Å²) >= 11 is 0. The first kappa shape index (κ1) is 17.3. The van der Waals surface area contributed by atoms with Crippen molar-refractivity contribution in [1.82, 2.24) is 19.6 Å². The Bertz CT molecular complexity index is 851. The first-order chi connectivity index (χ1) is 12.3. The highest BCUT2D eigenvalue weighted by Crippen LogP contribution is 2.44. The molecule has 26 heavy (non-hydrogen) atoms. The molecule has 0 spiro atoms. The highest BCUT2D eigenvalue weighted by Gasteiger charge is 2.58. The van der Waals surface area contributed by atoms with Crippen molar-refractivity contribution in [3.8, 4) is 0 Å². The zero-order valence-electron chi connectivity index (χ0n) is 15.4. The van der Waals surface area contributed by atoms with E-state index in [-0.39, 0.29) is 5.91 Å². The van der Waals surface area contributed by atoms with Gasteiger partial charge in [0.05, 0.1) is 12.8 Å². The van der Waals surface area contributed by atoms with Crippen LogP contribution in [0.25, 0.3) is 11.0 Å². The maximum Gasteiger partial charge on any atom is 0.277 e. The minimum atomic E-state index is -0.836. The molecule has 2 saturated heterocycles. The van der Waals surface area contributed by atoms with E-state index >= 15 is 0 Å². The van der Waals surface area contributed by atoms with Crippen LogP contribution in [0.4, 0.5) is 0 Å². The Hall–Kier alpha value is -2.07. The van der Waals surface area contributed by atoms with E-state index in [4.69, 9.17) is 19.0 Å². The zero-order valence-corrected chi connectivity index (χ0v) is 15.4. The Morgan fingerprint density at radius 2 is 2.04 bits per heavy atom. The lowest BCUT2D eigenvalue weighted by Gasteiger charge is -2.26. The number of hydrogen-bond acceptors (Lipinski definition) is 7. The molecule has 0 bridgehead atoms. The summed E-state index contributed by atoms with van der Waals surface area (Å²) in [6.45, 7) is 5.57. The van der Waals surface area contributed by atoms with E-state index in [0.29, 0.717) is 0 Å². The largest absolute Gasteiger partial charge is 0.341 e. The molecule has 9 nitrogen and oxygen atoms in total. The number of hydrogen-bond donors (Lipinski definition) is 0. The fourth-order valence-electron chi connectivity index (χ4n) is 3.57. The first-order valence-electron chi connectivity index (χ1n) is 8.43. The average Bonchev–Trinajstić information content (AvgIpc) is 3.24. The molecule has 0 saturated carbocycles. The molecule has 0 unspecified atom stereocenters. The Labute approximate surface area is 150 Å². The molecule has 2 aromatic heterocycles. The van der Waals surface area contributed by atoms with Crippen LogP contribution in [0.1, 0.15) is 25.8 Å². The third-order valence-electron chi connectivity index (χ3n) is 4.84. The van der Waals surface area contributed by atoms with Gasteiger partial charge in [-0.1, -0.05) is 0 Å². The first-order valence-corrected chi connectivity index (χ1v) is 8.43. The number of aryl methyl sites for hydroxylation is 1. The second kappa shape index (κ2) is 5.98.